The SMILES string of the molecule is O=Cc1ccc(-c2nc3nc(C(F)(F)F)nn3cc2-c2ccccc2)cc1. The average molecular weight is 368 g/mol. The van der Waals surface area contributed by atoms with Gasteiger partial charge in [0.2, 0.25) is 0 Å². The molecule has 5 nitrogen and oxygen atoms in total. The van der Waals surface area contributed by atoms with Crippen LogP contribution in [0, 0.1) is 0 Å². The molecular weight excluding hydrogens is 357 g/mol. The van der Waals surface area contributed by atoms with E-state index in [2.05, 4.69) is 15.1 Å². The van der Waals surface area contributed by atoms with Crippen LogP contribution in [0.2, 0.25) is 0 Å². The molecule has 134 valence electrons. The molecule has 4 aromatic rings. The van der Waals surface area contributed by atoms with E-state index in [1.54, 1.807) is 24.3 Å². The quantitative estimate of drug-likeness (QED) is 0.506. The van der Waals surface area contributed by atoms with Gasteiger partial charge in [0.05, 0.1) is 5.69 Å². The fourth-order valence-electron chi connectivity index (χ4n) is 2.71. The fourth-order valence-corrected chi connectivity index (χ4v) is 2.71. The molecule has 0 atom stereocenters. The summed E-state index contributed by atoms with van der Waals surface area (Å²) in [5, 5.41) is 3.50. The first-order chi connectivity index (χ1) is 13.0. The molecule has 8 heteroatoms. The number of alkyl halides is 3. The third kappa shape index (κ3) is 3.17. The molecule has 0 saturated carbocycles. The smallest absolute Gasteiger partial charge is 0.298 e. The first-order valence-electron chi connectivity index (χ1n) is 7.91. The minimum Gasteiger partial charge on any atom is -0.298 e. The summed E-state index contributed by atoms with van der Waals surface area (Å²) in [6.45, 7) is 0. The van der Waals surface area contributed by atoms with Crippen molar-refractivity contribution in [3.63, 3.8) is 0 Å². The summed E-state index contributed by atoms with van der Waals surface area (Å²) in [6, 6.07) is 15.8. The van der Waals surface area contributed by atoms with Gasteiger partial charge in [-0.2, -0.15) is 18.2 Å². The van der Waals surface area contributed by atoms with Gasteiger partial charge < -0.3 is 0 Å². The maximum Gasteiger partial charge on any atom is 0.453 e. The van der Waals surface area contributed by atoms with Gasteiger partial charge >= 0.3 is 6.18 Å². The van der Waals surface area contributed by atoms with Crippen LogP contribution < -0.4 is 0 Å². The van der Waals surface area contributed by atoms with E-state index in [0.717, 1.165) is 10.1 Å². The van der Waals surface area contributed by atoms with Crippen molar-refractivity contribution in [3.8, 4) is 22.4 Å². The van der Waals surface area contributed by atoms with Crippen molar-refractivity contribution in [3.05, 3.63) is 72.2 Å². The number of carbonyl (C=O) groups excluding carboxylic acids is 1. The van der Waals surface area contributed by atoms with E-state index in [1.807, 2.05) is 30.3 Å². The first-order valence-corrected chi connectivity index (χ1v) is 7.91. The Balaban J connectivity index is 1.97. The zero-order chi connectivity index (χ0) is 19.0. The standard InChI is InChI=1S/C19H11F3N4O/c20-19(21,22)17-24-18-23-16(14-8-6-12(11-27)7-9-14)15(10-26(18)25-17)13-4-2-1-3-5-13/h1-11H. The fraction of sp³-hybridized carbons (Fsp3) is 0.0526. The van der Waals surface area contributed by atoms with E-state index in [9.17, 15) is 18.0 Å². The number of benzene rings is 2. The lowest BCUT2D eigenvalue weighted by atomic mass is 10.0. The second kappa shape index (κ2) is 6.31. The summed E-state index contributed by atoms with van der Waals surface area (Å²) in [4.78, 5) is 18.7. The third-order valence-electron chi connectivity index (χ3n) is 3.99. The van der Waals surface area contributed by atoms with Crippen LogP contribution in [0.4, 0.5) is 13.2 Å². The van der Waals surface area contributed by atoms with Gasteiger partial charge in [0.15, 0.2) is 0 Å². The second-order valence-electron chi connectivity index (χ2n) is 5.79. The highest BCUT2D eigenvalue weighted by molar-refractivity contribution is 5.83. The van der Waals surface area contributed by atoms with Crippen LogP contribution in [0.15, 0.2) is 60.8 Å². The van der Waals surface area contributed by atoms with Gasteiger partial charge in [-0.15, -0.1) is 5.10 Å². The van der Waals surface area contributed by atoms with E-state index in [4.69, 9.17) is 0 Å². The number of fused-ring (bicyclic) bond motifs is 1. The van der Waals surface area contributed by atoms with Gasteiger partial charge in [-0.25, -0.2) is 9.50 Å². The maximum absolute atomic E-state index is 13.0. The van der Waals surface area contributed by atoms with Crippen molar-refractivity contribution in [2.75, 3.05) is 0 Å². The van der Waals surface area contributed by atoms with Crippen molar-refractivity contribution < 1.29 is 18.0 Å². The molecule has 0 unspecified atom stereocenters. The van der Waals surface area contributed by atoms with Crippen LogP contribution in [0.3, 0.4) is 0 Å². The summed E-state index contributed by atoms with van der Waals surface area (Å²) in [7, 11) is 0. The maximum atomic E-state index is 13.0. The number of hydrogen-bond donors (Lipinski definition) is 0. The second-order valence-corrected chi connectivity index (χ2v) is 5.79. The van der Waals surface area contributed by atoms with Gasteiger partial charge in [-0.05, 0) is 5.56 Å². The predicted octanol–water partition coefficient (Wildman–Crippen LogP) is 4.29. The van der Waals surface area contributed by atoms with Gasteiger partial charge in [0.1, 0.15) is 6.29 Å². The van der Waals surface area contributed by atoms with E-state index in [-0.39, 0.29) is 5.78 Å². The molecule has 0 aliphatic rings. The predicted molar refractivity (Wildman–Crippen MR) is 92.0 cm³/mol. The highest BCUT2D eigenvalue weighted by Crippen LogP contribution is 2.32. The van der Waals surface area contributed by atoms with Crippen LogP contribution in [-0.4, -0.2) is 25.9 Å². The highest BCUT2D eigenvalue weighted by Gasteiger charge is 2.36. The zero-order valence-corrected chi connectivity index (χ0v) is 13.7. The Labute approximate surface area is 151 Å². The van der Waals surface area contributed by atoms with Crippen molar-refractivity contribution in [2.24, 2.45) is 0 Å². The molecule has 0 spiro atoms. The lowest BCUT2D eigenvalue weighted by Crippen LogP contribution is -2.07. The number of rotatable bonds is 3. The zero-order valence-electron chi connectivity index (χ0n) is 13.7. The Morgan fingerprint density at radius 2 is 1.59 bits per heavy atom. The van der Waals surface area contributed by atoms with Crippen molar-refractivity contribution in [1.29, 1.82) is 0 Å². The van der Waals surface area contributed by atoms with Gasteiger partial charge in [-0.1, -0.05) is 54.6 Å². The molecule has 2 heterocycles. The molecule has 4 rings (SSSR count). The Bertz CT molecular complexity index is 1120. The van der Waals surface area contributed by atoms with Crippen molar-refractivity contribution in [1.82, 2.24) is 19.6 Å². The van der Waals surface area contributed by atoms with Crippen LogP contribution in [0.5, 0.6) is 0 Å². The summed E-state index contributed by atoms with van der Waals surface area (Å²) >= 11 is 0. The lowest BCUT2D eigenvalue weighted by molar-refractivity contribution is -0.144. The Kier molecular flexibility index (Phi) is 3.95. The monoisotopic (exact) mass is 368 g/mol. The Morgan fingerprint density at radius 1 is 0.889 bits per heavy atom. The highest BCUT2D eigenvalue weighted by atomic mass is 19.4. The number of nitrogens with zero attached hydrogens (tertiary/aromatic N) is 4. The largest absolute Gasteiger partial charge is 0.453 e. The summed E-state index contributed by atoms with van der Waals surface area (Å²) in [5.41, 5.74) is 2.96. The minimum absolute atomic E-state index is 0.156. The number of hydrogen-bond acceptors (Lipinski definition) is 4. The molecular formula is C19H11F3N4O. The summed E-state index contributed by atoms with van der Waals surface area (Å²) < 4.78 is 39.9. The first kappa shape index (κ1) is 16.9. The minimum atomic E-state index is -4.66. The van der Waals surface area contributed by atoms with Gasteiger partial charge in [0.25, 0.3) is 11.6 Å². The molecule has 27 heavy (non-hydrogen) atoms. The van der Waals surface area contributed by atoms with E-state index in [1.165, 1.54) is 6.20 Å². The molecule has 0 amide bonds. The summed E-state index contributed by atoms with van der Waals surface area (Å²) in [6.07, 6.45) is -2.47. The number of carbonyl (C=O) groups is 1. The molecule has 2 aromatic carbocycles. The molecule has 0 N–H and O–H groups in total. The lowest BCUT2D eigenvalue weighted by Gasteiger charge is -2.10. The molecule has 0 radical (unpaired) electrons. The topological polar surface area (TPSA) is 60.2 Å². The van der Waals surface area contributed by atoms with E-state index >= 15 is 0 Å². The van der Waals surface area contributed by atoms with Crippen LogP contribution >= 0.6 is 0 Å². The Hall–Kier alpha value is -3.55. The molecule has 0 aliphatic carbocycles. The third-order valence-corrected chi connectivity index (χ3v) is 3.99. The summed E-state index contributed by atoms with van der Waals surface area (Å²) in [5.74, 6) is -1.40. The molecule has 2 aromatic heterocycles. The molecule has 0 saturated heterocycles. The van der Waals surface area contributed by atoms with E-state index in [0.29, 0.717) is 28.7 Å². The van der Waals surface area contributed by atoms with Gasteiger partial charge in [0, 0.05) is 22.9 Å². The normalized spacial score (nSPS) is 11.7. The number of aldehydes is 1. The number of aromatic nitrogens is 4. The average Bonchev–Trinajstić information content (AvgIpc) is 3.11. The molecule has 0 aliphatic heterocycles. The number of halogens is 3. The Morgan fingerprint density at radius 3 is 2.22 bits per heavy atom. The van der Waals surface area contributed by atoms with Crippen LogP contribution in [0.1, 0.15) is 16.2 Å². The molecule has 0 fully saturated rings. The van der Waals surface area contributed by atoms with E-state index < -0.39 is 12.0 Å². The van der Waals surface area contributed by atoms with Crippen molar-refractivity contribution >= 4 is 12.1 Å². The van der Waals surface area contributed by atoms with Crippen LogP contribution in [-0.2, 0) is 6.18 Å². The van der Waals surface area contributed by atoms with Crippen molar-refractivity contribution in [2.45, 2.75) is 6.18 Å². The van der Waals surface area contributed by atoms with Gasteiger partial charge in [-0.3, -0.25) is 4.79 Å². The van der Waals surface area contributed by atoms with Crippen LogP contribution in [0.25, 0.3) is 28.2 Å². The molecule has 0 bridgehead atoms.